The Morgan fingerprint density at radius 3 is 2.89 bits per heavy atom. The number of pyridine rings is 1. The van der Waals surface area contributed by atoms with Crippen LogP contribution in [0.4, 0.5) is 0 Å². The summed E-state index contributed by atoms with van der Waals surface area (Å²) in [6.07, 6.45) is 2.94. The third-order valence-corrected chi connectivity index (χ3v) is 6.22. The minimum Gasteiger partial charge on any atom is -0.466 e. The number of aromatic nitrogens is 5. The van der Waals surface area contributed by atoms with Crippen molar-refractivity contribution in [2.24, 2.45) is 5.92 Å². The summed E-state index contributed by atoms with van der Waals surface area (Å²) in [4.78, 5) is 44.2. The molecule has 1 aromatic carbocycles. The van der Waals surface area contributed by atoms with Gasteiger partial charge in [0.1, 0.15) is 6.54 Å². The highest BCUT2D eigenvalue weighted by Crippen LogP contribution is 2.25. The van der Waals surface area contributed by atoms with Gasteiger partial charge in [0.05, 0.1) is 18.1 Å². The molecule has 1 atom stereocenters. The Kier molecular flexibility index (Phi) is 6.36. The molecule has 0 N–H and O–H groups in total. The lowest BCUT2D eigenvalue weighted by atomic mass is 9.98. The maximum Gasteiger partial charge on any atom is 0.350 e. The van der Waals surface area contributed by atoms with E-state index >= 15 is 0 Å². The number of nitrogens with zero attached hydrogens (tertiary/aromatic N) is 6. The lowest BCUT2D eigenvalue weighted by Gasteiger charge is -2.31. The zero-order valence-electron chi connectivity index (χ0n) is 20.1. The van der Waals surface area contributed by atoms with Crippen LogP contribution in [0.5, 0.6) is 0 Å². The predicted molar refractivity (Wildman–Crippen MR) is 129 cm³/mol. The summed E-state index contributed by atoms with van der Waals surface area (Å²) >= 11 is 0. The van der Waals surface area contributed by atoms with Crippen molar-refractivity contribution in [3.63, 3.8) is 0 Å². The molecule has 186 valence electrons. The third kappa shape index (κ3) is 4.51. The number of piperidine rings is 1. The number of carbonyl (C=O) groups is 2. The molecule has 1 saturated heterocycles. The van der Waals surface area contributed by atoms with Crippen LogP contribution in [-0.4, -0.2) is 60.8 Å². The first-order chi connectivity index (χ1) is 17.4. The van der Waals surface area contributed by atoms with Crippen LogP contribution in [0.15, 0.2) is 51.9 Å². The Morgan fingerprint density at radius 1 is 1.22 bits per heavy atom. The average molecular weight is 491 g/mol. The fourth-order valence-corrected chi connectivity index (χ4v) is 4.43. The largest absolute Gasteiger partial charge is 0.466 e. The molecular formula is C25H26N6O5. The van der Waals surface area contributed by atoms with E-state index in [1.54, 1.807) is 30.2 Å². The van der Waals surface area contributed by atoms with Crippen LogP contribution in [-0.2, 0) is 20.9 Å². The van der Waals surface area contributed by atoms with Gasteiger partial charge in [0.2, 0.25) is 11.7 Å². The number of carbonyl (C=O) groups excluding carboxylic acids is 2. The van der Waals surface area contributed by atoms with Crippen LogP contribution in [0.1, 0.15) is 25.3 Å². The first-order valence-corrected chi connectivity index (χ1v) is 11.9. The summed E-state index contributed by atoms with van der Waals surface area (Å²) in [6, 6.07) is 11.1. The normalized spacial score (nSPS) is 15.8. The number of likely N-dealkylation sites (tertiary alicyclic amines) is 1. The lowest BCUT2D eigenvalue weighted by Crippen LogP contribution is -2.45. The Balaban J connectivity index is 1.40. The second-order valence-corrected chi connectivity index (χ2v) is 8.78. The zero-order chi connectivity index (χ0) is 25.2. The molecule has 0 aliphatic carbocycles. The van der Waals surface area contributed by atoms with Crippen LogP contribution in [0, 0.1) is 12.8 Å². The first kappa shape index (κ1) is 23.5. The number of ether oxygens (including phenoxy) is 1. The van der Waals surface area contributed by atoms with E-state index in [4.69, 9.17) is 9.26 Å². The molecular weight excluding hydrogens is 464 g/mol. The number of aryl methyl sites for hydroxylation is 1. The maximum absolute atomic E-state index is 13.0. The molecule has 0 radical (unpaired) electrons. The van der Waals surface area contributed by atoms with Gasteiger partial charge in [0, 0.05) is 24.8 Å². The van der Waals surface area contributed by atoms with E-state index in [2.05, 4.69) is 15.2 Å². The lowest BCUT2D eigenvalue weighted by molar-refractivity contribution is -0.151. The Morgan fingerprint density at radius 2 is 2.08 bits per heavy atom. The van der Waals surface area contributed by atoms with Gasteiger partial charge < -0.3 is 14.2 Å². The molecule has 0 bridgehead atoms. The molecule has 36 heavy (non-hydrogen) atoms. The molecule has 0 unspecified atom stereocenters. The number of hydrogen-bond donors (Lipinski definition) is 0. The third-order valence-electron chi connectivity index (χ3n) is 6.22. The molecule has 0 spiro atoms. The standard InChI is InChI=1S/C25H26N6O5/c1-3-35-24(33)18-9-5-11-29(14-18)20(32)15-31-25(34)30-12-6-10-19(22(30)27-31)23-26-21(28-36-23)17-8-4-7-16(2)13-17/h4,6-8,10,12-13,18H,3,5,9,11,14-15H2,1-2H3/t18-/m0/s1. The predicted octanol–water partition coefficient (Wildman–Crippen LogP) is 2.32. The first-order valence-electron chi connectivity index (χ1n) is 11.9. The van der Waals surface area contributed by atoms with Gasteiger partial charge in [-0.1, -0.05) is 28.9 Å². The van der Waals surface area contributed by atoms with E-state index in [9.17, 15) is 14.4 Å². The minimum absolute atomic E-state index is 0.217. The van der Waals surface area contributed by atoms with Gasteiger partial charge in [-0.15, -0.1) is 5.10 Å². The topological polar surface area (TPSA) is 125 Å². The van der Waals surface area contributed by atoms with Gasteiger partial charge in [-0.25, -0.2) is 13.9 Å². The quantitative estimate of drug-likeness (QED) is 0.377. The fourth-order valence-electron chi connectivity index (χ4n) is 4.43. The summed E-state index contributed by atoms with van der Waals surface area (Å²) < 4.78 is 13.1. The summed E-state index contributed by atoms with van der Waals surface area (Å²) in [5, 5.41) is 8.48. The van der Waals surface area contributed by atoms with Crippen molar-refractivity contribution in [2.75, 3.05) is 19.7 Å². The molecule has 0 saturated carbocycles. The van der Waals surface area contributed by atoms with Crippen molar-refractivity contribution in [3.05, 3.63) is 58.6 Å². The van der Waals surface area contributed by atoms with Crippen molar-refractivity contribution in [2.45, 2.75) is 33.2 Å². The van der Waals surface area contributed by atoms with Crippen LogP contribution in [0.2, 0.25) is 0 Å². The number of hydrogen-bond acceptors (Lipinski definition) is 8. The van der Waals surface area contributed by atoms with E-state index in [0.717, 1.165) is 15.8 Å². The fraction of sp³-hybridized carbons (Fsp3) is 0.360. The number of rotatable bonds is 6. The smallest absolute Gasteiger partial charge is 0.350 e. The van der Waals surface area contributed by atoms with Crippen molar-refractivity contribution in [1.29, 1.82) is 0 Å². The van der Waals surface area contributed by atoms with Crippen LogP contribution in [0.25, 0.3) is 28.5 Å². The molecule has 4 heterocycles. The Labute approximate surface area is 206 Å². The summed E-state index contributed by atoms with van der Waals surface area (Å²) in [5.74, 6) is -0.292. The van der Waals surface area contributed by atoms with Gasteiger partial charge in [-0.2, -0.15) is 4.98 Å². The van der Waals surface area contributed by atoms with E-state index < -0.39 is 5.69 Å². The molecule has 11 heteroatoms. The SMILES string of the molecule is CCOC(=O)[C@H]1CCCN(C(=O)Cn2nc3c(-c4nc(-c5cccc(C)c5)no4)cccn3c2=O)C1. The van der Waals surface area contributed by atoms with Gasteiger partial charge in [0.25, 0.3) is 5.89 Å². The van der Waals surface area contributed by atoms with E-state index in [-0.39, 0.29) is 36.8 Å². The second-order valence-electron chi connectivity index (χ2n) is 8.78. The number of amides is 1. The van der Waals surface area contributed by atoms with E-state index in [0.29, 0.717) is 43.0 Å². The van der Waals surface area contributed by atoms with Crippen LogP contribution in [0.3, 0.4) is 0 Å². The second kappa shape index (κ2) is 9.76. The highest BCUT2D eigenvalue weighted by molar-refractivity contribution is 5.78. The average Bonchev–Trinajstić information content (AvgIpc) is 3.50. The maximum atomic E-state index is 13.0. The molecule has 1 fully saturated rings. The molecule has 11 nitrogen and oxygen atoms in total. The molecule has 3 aromatic heterocycles. The van der Waals surface area contributed by atoms with Crippen molar-refractivity contribution >= 4 is 17.5 Å². The van der Waals surface area contributed by atoms with Crippen LogP contribution < -0.4 is 5.69 Å². The van der Waals surface area contributed by atoms with Gasteiger partial charge >= 0.3 is 11.7 Å². The highest BCUT2D eigenvalue weighted by Gasteiger charge is 2.30. The number of fused-ring (bicyclic) bond motifs is 1. The van der Waals surface area contributed by atoms with E-state index in [1.165, 1.54) is 4.40 Å². The monoisotopic (exact) mass is 490 g/mol. The van der Waals surface area contributed by atoms with Crippen molar-refractivity contribution in [3.8, 4) is 22.8 Å². The Hall–Kier alpha value is -4.28. The molecule has 1 aliphatic rings. The van der Waals surface area contributed by atoms with E-state index in [1.807, 2.05) is 31.2 Å². The van der Waals surface area contributed by atoms with Crippen molar-refractivity contribution < 1.29 is 18.8 Å². The molecule has 1 aliphatic heterocycles. The molecule has 1 amide bonds. The number of benzene rings is 1. The number of esters is 1. The van der Waals surface area contributed by atoms with Gasteiger partial charge in [-0.3, -0.25) is 9.59 Å². The zero-order valence-corrected chi connectivity index (χ0v) is 20.1. The van der Waals surface area contributed by atoms with Gasteiger partial charge in [0.15, 0.2) is 5.65 Å². The molecule has 4 aromatic rings. The highest BCUT2D eigenvalue weighted by atomic mass is 16.5. The van der Waals surface area contributed by atoms with Crippen LogP contribution >= 0.6 is 0 Å². The Bertz CT molecular complexity index is 1490. The summed E-state index contributed by atoms with van der Waals surface area (Å²) in [6.45, 7) is 4.58. The van der Waals surface area contributed by atoms with Gasteiger partial charge in [-0.05, 0) is 44.9 Å². The summed E-state index contributed by atoms with van der Waals surface area (Å²) in [5.41, 5.74) is 2.20. The van der Waals surface area contributed by atoms with Crippen molar-refractivity contribution in [1.82, 2.24) is 29.2 Å². The minimum atomic E-state index is -0.461. The molecule has 5 rings (SSSR count). The summed E-state index contributed by atoms with van der Waals surface area (Å²) in [7, 11) is 0.